The van der Waals surface area contributed by atoms with Gasteiger partial charge < -0.3 is 20.2 Å². The van der Waals surface area contributed by atoms with Crippen LogP contribution < -0.4 is 10.2 Å². The number of anilines is 2. The Hall–Kier alpha value is -4.51. The third-order valence-electron chi connectivity index (χ3n) is 5.57. The number of imidazole rings is 1. The smallest absolute Gasteiger partial charge is 0.271 e. The van der Waals surface area contributed by atoms with Crippen molar-refractivity contribution in [3.05, 3.63) is 76.5 Å². The molecule has 11 nitrogen and oxygen atoms in total. The summed E-state index contributed by atoms with van der Waals surface area (Å²) in [4.78, 5) is 34.0. The highest BCUT2D eigenvalue weighted by Crippen LogP contribution is 2.27. The Morgan fingerprint density at radius 1 is 1.09 bits per heavy atom. The first kappa shape index (κ1) is 21.3. The molecule has 2 aromatic carbocycles. The second kappa shape index (κ2) is 8.79. The Bertz CT molecular complexity index is 1380. The number of nitrogens with zero attached hydrogens (tertiary/aromatic N) is 5. The number of benzene rings is 2. The Morgan fingerprint density at radius 2 is 1.85 bits per heavy atom. The molecule has 0 radical (unpaired) electrons. The topological polar surface area (TPSA) is 136 Å². The van der Waals surface area contributed by atoms with Crippen molar-refractivity contribution < 1.29 is 19.7 Å². The van der Waals surface area contributed by atoms with Gasteiger partial charge in [-0.1, -0.05) is 0 Å². The molecule has 172 valence electrons. The van der Waals surface area contributed by atoms with Crippen molar-refractivity contribution in [2.24, 2.45) is 0 Å². The summed E-state index contributed by atoms with van der Waals surface area (Å²) in [6.07, 6.45) is 1.61. The largest absolute Gasteiger partial charge is 0.426 e. The maximum atomic E-state index is 12.8. The molecule has 0 spiro atoms. The lowest BCUT2D eigenvalue weighted by molar-refractivity contribution is -0.384. The summed E-state index contributed by atoms with van der Waals surface area (Å²) < 4.78 is 6.18. The quantitative estimate of drug-likeness (QED) is 0.263. The summed E-state index contributed by atoms with van der Waals surface area (Å²) >= 11 is 0. The van der Waals surface area contributed by atoms with E-state index in [0.29, 0.717) is 35.5 Å². The molecule has 1 aliphatic heterocycles. The lowest BCUT2D eigenvalue weighted by atomic mass is 10.2. The molecule has 2 N–H and O–H groups in total. The number of morpholine rings is 1. The number of amides is 1. The van der Waals surface area contributed by atoms with Gasteiger partial charge in [-0.3, -0.25) is 14.9 Å². The molecule has 1 saturated heterocycles. The van der Waals surface area contributed by atoms with Crippen molar-refractivity contribution in [3.8, 4) is 11.4 Å². The zero-order valence-corrected chi connectivity index (χ0v) is 17.9. The van der Waals surface area contributed by atoms with Crippen LogP contribution in [0.2, 0.25) is 0 Å². The molecule has 0 unspecified atom stereocenters. The highest BCUT2D eigenvalue weighted by molar-refractivity contribution is 6.04. The monoisotopic (exact) mass is 460 g/mol. The third-order valence-corrected chi connectivity index (χ3v) is 5.57. The number of hydrogen-bond donors (Lipinski definition) is 2. The number of ether oxygens (including phenoxy) is 1. The van der Waals surface area contributed by atoms with Gasteiger partial charge in [0.05, 0.1) is 23.7 Å². The first-order chi connectivity index (χ1) is 16.5. The van der Waals surface area contributed by atoms with Gasteiger partial charge in [-0.25, -0.2) is 9.97 Å². The Balaban J connectivity index is 1.33. The number of carbonyl (C=O) groups excluding carboxylic acids is 1. The molecule has 0 saturated carbocycles. The average molecular weight is 460 g/mol. The van der Waals surface area contributed by atoms with E-state index in [2.05, 4.69) is 20.2 Å². The Labute approximate surface area is 193 Å². The molecule has 11 heteroatoms. The zero-order chi connectivity index (χ0) is 23.7. The molecular formula is C23H20N6O5. The van der Waals surface area contributed by atoms with Crippen LogP contribution >= 0.6 is 0 Å². The number of hydrogen-bond acceptors (Lipinski definition) is 8. The summed E-state index contributed by atoms with van der Waals surface area (Å²) in [6.45, 7) is 2.71. The second-order valence-electron chi connectivity index (χ2n) is 7.71. The predicted octanol–water partition coefficient (Wildman–Crippen LogP) is 3.33. The number of nitrogens with one attached hydrogen (secondary N) is 1. The van der Waals surface area contributed by atoms with Gasteiger partial charge in [-0.2, -0.15) is 4.73 Å². The van der Waals surface area contributed by atoms with Crippen LogP contribution in [-0.4, -0.2) is 57.0 Å². The number of nitro benzene ring substituents is 1. The van der Waals surface area contributed by atoms with Crippen LogP contribution in [0, 0.1) is 10.1 Å². The highest BCUT2D eigenvalue weighted by atomic mass is 16.6. The van der Waals surface area contributed by atoms with Crippen molar-refractivity contribution in [3.63, 3.8) is 0 Å². The van der Waals surface area contributed by atoms with Crippen LogP contribution in [0.15, 0.2) is 60.8 Å². The number of non-ortho nitro benzene ring substituents is 1. The van der Waals surface area contributed by atoms with Crippen LogP contribution in [0.3, 0.4) is 0 Å². The minimum absolute atomic E-state index is 0.139. The van der Waals surface area contributed by atoms with Crippen LogP contribution in [-0.2, 0) is 4.74 Å². The molecule has 5 rings (SSSR count). The van der Waals surface area contributed by atoms with Crippen molar-refractivity contribution >= 4 is 34.1 Å². The number of rotatable bonds is 5. The lowest BCUT2D eigenvalue weighted by Gasteiger charge is -2.27. The van der Waals surface area contributed by atoms with E-state index in [9.17, 15) is 20.1 Å². The summed E-state index contributed by atoms with van der Waals surface area (Å²) in [5.74, 6) is 0.692. The number of pyridine rings is 1. The van der Waals surface area contributed by atoms with Crippen LogP contribution in [0.1, 0.15) is 10.4 Å². The van der Waals surface area contributed by atoms with Crippen molar-refractivity contribution in [1.29, 1.82) is 0 Å². The van der Waals surface area contributed by atoms with Gasteiger partial charge in [-0.15, -0.1) is 0 Å². The average Bonchev–Trinajstić information content (AvgIpc) is 3.21. The van der Waals surface area contributed by atoms with Gasteiger partial charge in [0.15, 0.2) is 5.82 Å². The van der Waals surface area contributed by atoms with Crippen molar-refractivity contribution in [2.75, 3.05) is 36.5 Å². The van der Waals surface area contributed by atoms with Crippen LogP contribution in [0.25, 0.3) is 22.4 Å². The van der Waals surface area contributed by atoms with Gasteiger partial charge in [-0.05, 0) is 42.5 Å². The molecule has 1 amide bonds. The van der Waals surface area contributed by atoms with E-state index in [1.807, 2.05) is 0 Å². The fraction of sp³-hybridized carbons (Fsp3) is 0.174. The van der Waals surface area contributed by atoms with E-state index in [0.717, 1.165) is 23.6 Å². The maximum Gasteiger partial charge on any atom is 0.271 e. The Morgan fingerprint density at radius 3 is 2.59 bits per heavy atom. The predicted molar refractivity (Wildman–Crippen MR) is 124 cm³/mol. The third kappa shape index (κ3) is 4.11. The number of nitro groups is 1. The van der Waals surface area contributed by atoms with E-state index >= 15 is 0 Å². The summed E-state index contributed by atoms with van der Waals surface area (Å²) in [5.41, 5.74) is 2.15. The summed E-state index contributed by atoms with van der Waals surface area (Å²) in [5, 5.41) is 24.4. The summed E-state index contributed by atoms with van der Waals surface area (Å²) in [6, 6.07) is 14.3. The molecular weight excluding hydrogens is 440 g/mol. The van der Waals surface area contributed by atoms with Crippen molar-refractivity contribution in [2.45, 2.75) is 0 Å². The van der Waals surface area contributed by atoms with Crippen LogP contribution in [0.4, 0.5) is 17.2 Å². The fourth-order valence-corrected chi connectivity index (χ4v) is 3.78. The van der Waals surface area contributed by atoms with Gasteiger partial charge in [0, 0.05) is 48.2 Å². The SMILES string of the molecule is O=C(Nc1ccc(-c2nc3ccc([N+](=O)[O-])cc3n2O)cc1)c1ccnc(N2CCOCC2)c1. The Kier molecular flexibility index (Phi) is 5.52. The summed E-state index contributed by atoms with van der Waals surface area (Å²) in [7, 11) is 0. The van der Waals surface area contributed by atoms with E-state index < -0.39 is 4.92 Å². The molecule has 34 heavy (non-hydrogen) atoms. The van der Waals surface area contributed by atoms with E-state index in [1.54, 1.807) is 42.6 Å². The highest BCUT2D eigenvalue weighted by Gasteiger charge is 2.17. The van der Waals surface area contributed by atoms with E-state index in [1.165, 1.54) is 18.2 Å². The van der Waals surface area contributed by atoms with Crippen molar-refractivity contribution in [1.82, 2.24) is 14.7 Å². The van der Waals surface area contributed by atoms with Gasteiger partial charge in [0.25, 0.3) is 11.6 Å². The minimum atomic E-state index is -0.531. The molecule has 2 aromatic heterocycles. The molecule has 3 heterocycles. The fourth-order valence-electron chi connectivity index (χ4n) is 3.78. The van der Waals surface area contributed by atoms with Gasteiger partial charge in [0.2, 0.25) is 0 Å². The molecule has 0 aliphatic carbocycles. The molecule has 0 atom stereocenters. The normalized spacial score (nSPS) is 13.7. The molecule has 4 aromatic rings. The maximum absolute atomic E-state index is 12.8. The van der Waals surface area contributed by atoms with Gasteiger partial charge in [0.1, 0.15) is 11.3 Å². The first-order valence-electron chi connectivity index (χ1n) is 10.6. The van der Waals surface area contributed by atoms with E-state index in [-0.39, 0.29) is 22.9 Å². The van der Waals surface area contributed by atoms with Gasteiger partial charge >= 0.3 is 0 Å². The lowest BCUT2D eigenvalue weighted by Crippen LogP contribution is -2.36. The number of aromatic nitrogens is 3. The zero-order valence-electron chi connectivity index (χ0n) is 17.9. The second-order valence-corrected chi connectivity index (χ2v) is 7.71. The standard InChI is InChI=1S/C23H20N6O5/c30-23(16-7-8-24-21(13-16)27-9-11-34-12-10-27)25-17-3-1-15(2-4-17)22-26-19-6-5-18(29(32)33)14-20(19)28(22)31/h1-8,13-14,31H,9-12H2,(H,25,30). The molecule has 0 bridgehead atoms. The number of carbonyl (C=O) groups is 1. The minimum Gasteiger partial charge on any atom is -0.426 e. The molecule has 1 aliphatic rings. The van der Waals surface area contributed by atoms with E-state index in [4.69, 9.17) is 4.74 Å². The first-order valence-corrected chi connectivity index (χ1v) is 10.6. The molecule has 1 fully saturated rings. The number of fused-ring (bicyclic) bond motifs is 1. The van der Waals surface area contributed by atoms with Crippen LogP contribution in [0.5, 0.6) is 0 Å².